The molecule has 2 N–H and O–H groups in total. The second kappa shape index (κ2) is 15.0. The Balaban J connectivity index is 0.00000235. The van der Waals surface area contributed by atoms with Crippen molar-refractivity contribution in [2.24, 2.45) is 5.92 Å². The Morgan fingerprint density at radius 2 is 1.93 bits per heavy atom. The van der Waals surface area contributed by atoms with E-state index >= 15 is 0 Å². The summed E-state index contributed by atoms with van der Waals surface area (Å²) in [5, 5.41) is 11.4. The number of piperidine rings is 1. The summed E-state index contributed by atoms with van der Waals surface area (Å²) < 4.78 is 42.8. The highest BCUT2D eigenvalue weighted by Crippen LogP contribution is 2.36. The van der Waals surface area contributed by atoms with Gasteiger partial charge in [0.25, 0.3) is 0 Å². The Hall–Kier alpha value is -4.14. The topological polar surface area (TPSA) is 96.3 Å². The Morgan fingerprint density at radius 3 is 2.57 bits per heavy atom. The van der Waals surface area contributed by atoms with Crippen molar-refractivity contribution in [3.8, 4) is 17.6 Å². The molecule has 248 valence electrons. The van der Waals surface area contributed by atoms with Crippen molar-refractivity contribution in [1.82, 2.24) is 9.47 Å². The molecule has 1 amide bonds. The molecule has 5 rings (SSSR count). The lowest BCUT2D eigenvalue weighted by molar-refractivity contribution is 0.0584. The van der Waals surface area contributed by atoms with Crippen LogP contribution in [0.25, 0.3) is 10.9 Å². The van der Waals surface area contributed by atoms with Gasteiger partial charge in [0.05, 0.1) is 42.2 Å². The number of rotatable bonds is 8. The number of ether oxygens (including phenoxy) is 2. The van der Waals surface area contributed by atoms with Gasteiger partial charge in [-0.25, -0.2) is 13.6 Å². The lowest BCUT2D eigenvalue weighted by Crippen LogP contribution is -2.46. The number of alkyl halides is 1. The van der Waals surface area contributed by atoms with E-state index in [1.807, 2.05) is 36.2 Å². The number of methoxy groups -OCH3 is 1. The maximum Gasteiger partial charge on any atom is 0.415 e. The molecule has 1 aliphatic carbocycles. The summed E-state index contributed by atoms with van der Waals surface area (Å²) in [7, 11) is 4.31. The molecule has 1 saturated carbocycles. The van der Waals surface area contributed by atoms with Gasteiger partial charge in [-0.3, -0.25) is 9.69 Å². The first kappa shape index (κ1) is 34.7. The molecule has 2 atom stereocenters. The summed E-state index contributed by atoms with van der Waals surface area (Å²) in [6.45, 7) is 7.11. The standard InChI is InChI=1S/C34H40F2N4O4.CH4O/c1-34(2,3)44-33(42)39(31-18-26(35)23(21-41)16-32(31)43-5)14-7-8-24-17-25-28(37-29-13-15-38(4)20-27(29)36)9-6-10-30(25)40(24)19-22-11-12-22;1-2/h6,9-10,16-18,21-22,27,29,37H,11-15,19-20H2,1-5H3;2H,1H3. The summed E-state index contributed by atoms with van der Waals surface area (Å²) in [5.41, 5.74) is 1.73. The quantitative estimate of drug-likeness (QED) is 0.236. The largest absolute Gasteiger partial charge is 0.495 e. The fourth-order valence-corrected chi connectivity index (χ4v) is 5.49. The molecule has 2 aromatic carbocycles. The number of carbonyl (C=O) groups is 2. The van der Waals surface area contributed by atoms with Crippen LogP contribution in [0.3, 0.4) is 0 Å². The smallest absolute Gasteiger partial charge is 0.415 e. The summed E-state index contributed by atoms with van der Waals surface area (Å²) in [5.74, 6) is 6.25. The maximum atomic E-state index is 14.9. The first-order chi connectivity index (χ1) is 22.0. The molecule has 1 saturated heterocycles. The van der Waals surface area contributed by atoms with Crippen molar-refractivity contribution in [3.05, 3.63) is 53.5 Å². The first-order valence-electron chi connectivity index (χ1n) is 15.5. The number of benzene rings is 2. The molecule has 0 spiro atoms. The molecule has 9 nitrogen and oxygen atoms in total. The summed E-state index contributed by atoms with van der Waals surface area (Å²) in [4.78, 5) is 27.9. The predicted molar refractivity (Wildman–Crippen MR) is 176 cm³/mol. The zero-order valence-corrected chi connectivity index (χ0v) is 27.4. The van der Waals surface area contributed by atoms with E-state index in [2.05, 4.69) is 21.7 Å². The fraction of sp³-hybridized carbons (Fsp3) is 0.486. The summed E-state index contributed by atoms with van der Waals surface area (Å²) in [6.07, 6.45) is 1.70. The van der Waals surface area contributed by atoms with Crippen LogP contribution in [0.5, 0.6) is 5.75 Å². The van der Waals surface area contributed by atoms with E-state index in [-0.39, 0.29) is 29.6 Å². The number of aliphatic hydroxyl groups is 1. The molecule has 46 heavy (non-hydrogen) atoms. The zero-order valence-electron chi connectivity index (χ0n) is 27.4. The third-order valence-corrected chi connectivity index (χ3v) is 7.95. The molecule has 0 radical (unpaired) electrons. The van der Waals surface area contributed by atoms with Gasteiger partial charge in [0, 0.05) is 43.9 Å². The third-order valence-electron chi connectivity index (χ3n) is 7.95. The SMILES string of the molecule is CO.COc1cc(C=O)c(F)cc1N(CC#Cc1cc2c(NC3CCN(C)CC3F)cccc2n1CC1CC1)C(=O)OC(C)(C)C. The summed E-state index contributed by atoms with van der Waals surface area (Å²) >= 11 is 0. The number of carbonyl (C=O) groups excluding carboxylic acids is 2. The molecule has 0 bridgehead atoms. The van der Waals surface area contributed by atoms with Gasteiger partial charge in [0.2, 0.25) is 0 Å². The van der Waals surface area contributed by atoms with Crippen LogP contribution in [0.4, 0.5) is 25.0 Å². The maximum absolute atomic E-state index is 14.9. The van der Waals surface area contributed by atoms with Crippen LogP contribution in [0.1, 0.15) is 56.1 Å². The average molecular weight is 639 g/mol. The molecule has 2 fully saturated rings. The zero-order chi connectivity index (χ0) is 33.6. The second-order valence-electron chi connectivity index (χ2n) is 12.7. The van der Waals surface area contributed by atoms with Gasteiger partial charge < -0.3 is 29.4 Å². The van der Waals surface area contributed by atoms with E-state index in [0.29, 0.717) is 25.2 Å². The number of nitrogens with one attached hydrogen (secondary N) is 1. The lowest BCUT2D eigenvalue weighted by Gasteiger charge is -2.33. The van der Waals surface area contributed by atoms with Crippen LogP contribution in [0.15, 0.2) is 36.4 Å². The van der Waals surface area contributed by atoms with E-state index in [9.17, 15) is 18.4 Å². The molecular weight excluding hydrogens is 594 g/mol. The van der Waals surface area contributed by atoms with Crippen molar-refractivity contribution in [2.75, 3.05) is 51.1 Å². The second-order valence-corrected chi connectivity index (χ2v) is 12.7. The van der Waals surface area contributed by atoms with Crippen molar-refractivity contribution in [1.29, 1.82) is 0 Å². The molecular formula is C35H44F2N4O5. The van der Waals surface area contributed by atoms with Crippen molar-refractivity contribution < 1.29 is 33.0 Å². The highest BCUT2D eigenvalue weighted by Gasteiger charge is 2.29. The number of aliphatic hydroxyl groups excluding tert-OH is 1. The lowest BCUT2D eigenvalue weighted by atomic mass is 10.0. The molecule has 2 heterocycles. The minimum absolute atomic E-state index is 0.100. The monoisotopic (exact) mass is 638 g/mol. The molecule has 1 aliphatic heterocycles. The van der Waals surface area contributed by atoms with Gasteiger partial charge in [-0.05, 0) is 83.2 Å². The molecule has 2 unspecified atom stereocenters. The number of hydrogen-bond donors (Lipinski definition) is 2. The van der Waals surface area contributed by atoms with Crippen molar-refractivity contribution >= 4 is 34.7 Å². The number of fused-ring (bicyclic) bond motifs is 1. The number of likely N-dealkylation sites (tertiary alicyclic amines) is 1. The van der Waals surface area contributed by atoms with Crippen molar-refractivity contribution in [2.45, 2.75) is 64.4 Å². The van der Waals surface area contributed by atoms with Crippen LogP contribution >= 0.6 is 0 Å². The molecule has 11 heteroatoms. The van der Waals surface area contributed by atoms with Crippen LogP contribution in [0, 0.1) is 23.6 Å². The number of amides is 1. The van der Waals surface area contributed by atoms with Crippen molar-refractivity contribution in [3.63, 3.8) is 0 Å². The normalized spacial score (nSPS) is 18.1. The number of halogens is 2. The Kier molecular flexibility index (Phi) is 11.3. The van der Waals surface area contributed by atoms with Gasteiger partial charge in [-0.15, -0.1) is 0 Å². The fourth-order valence-electron chi connectivity index (χ4n) is 5.49. The number of aromatic nitrogens is 1. The Bertz CT molecular complexity index is 1600. The van der Waals surface area contributed by atoms with Crippen LogP contribution in [0.2, 0.25) is 0 Å². The van der Waals surface area contributed by atoms with E-state index in [0.717, 1.165) is 61.4 Å². The van der Waals surface area contributed by atoms with Gasteiger partial charge >= 0.3 is 6.09 Å². The number of nitrogens with zero attached hydrogens (tertiary/aromatic N) is 3. The highest BCUT2D eigenvalue weighted by molar-refractivity contribution is 5.94. The van der Waals surface area contributed by atoms with E-state index in [1.165, 1.54) is 18.1 Å². The Labute approximate surface area is 269 Å². The Morgan fingerprint density at radius 1 is 1.20 bits per heavy atom. The summed E-state index contributed by atoms with van der Waals surface area (Å²) in [6, 6.07) is 10.0. The molecule has 2 aliphatic rings. The van der Waals surface area contributed by atoms with Gasteiger partial charge in [0.1, 0.15) is 23.3 Å². The van der Waals surface area contributed by atoms with Crippen LogP contribution in [-0.4, -0.2) is 85.7 Å². The van der Waals surface area contributed by atoms with Gasteiger partial charge in [0.15, 0.2) is 6.29 Å². The number of hydrogen-bond acceptors (Lipinski definition) is 7. The van der Waals surface area contributed by atoms with E-state index in [4.69, 9.17) is 14.6 Å². The minimum Gasteiger partial charge on any atom is -0.495 e. The third kappa shape index (κ3) is 8.36. The molecule has 1 aromatic heterocycles. The average Bonchev–Trinajstić information content (AvgIpc) is 3.77. The predicted octanol–water partition coefficient (Wildman–Crippen LogP) is 5.87. The van der Waals surface area contributed by atoms with Gasteiger partial charge in [-0.2, -0.15) is 0 Å². The van der Waals surface area contributed by atoms with E-state index in [1.54, 1.807) is 20.8 Å². The van der Waals surface area contributed by atoms with E-state index < -0.39 is 23.7 Å². The number of aldehydes is 1. The number of anilines is 2. The highest BCUT2D eigenvalue weighted by atomic mass is 19.1. The van der Waals surface area contributed by atoms with Crippen LogP contribution < -0.4 is 15.0 Å². The van der Waals surface area contributed by atoms with Gasteiger partial charge in [-0.1, -0.05) is 12.0 Å². The molecule has 3 aromatic rings. The minimum atomic E-state index is -0.974. The van der Waals surface area contributed by atoms with Crippen LogP contribution in [-0.2, 0) is 11.3 Å². The first-order valence-corrected chi connectivity index (χ1v) is 15.5.